The first-order valence-corrected chi connectivity index (χ1v) is 9.09. The van der Waals surface area contributed by atoms with E-state index in [9.17, 15) is 9.59 Å². The van der Waals surface area contributed by atoms with Gasteiger partial charge in [0.15, 0.2) is 0 Å². The number of hydrogen-bond acceptors (Lipinski definition) is 4. The molecule has 3 rings (SSSR count). The molecule has 0 saturated heterocycles. The van der Waals surface area contributed by atoms with Crippen molar-refractivity contribution in [3.05, 3.63) is 65.3 Å². The van der Waals surface area contributed by atoms with Crippen LogP contribution >= 0.6 is 11.6 Å². The number of benzene rings is 2. The van der Waals surface area contributed by atoms with Gasteiger partial charge in [-0.2, -0.15) is 0 Å². The Morgan fingerprint density at radius 2 is 1.93 bits per heavy atom. The molecule has 0 radical (unpaired) electrons. The molecule has 0 aliphatic rings. The summed E-state index contributed by atoms with van der Waals surface area (Å²) in [5.41, 5.74) is 1.99. The van der Waals surface area contributed by atoms with Gasteiger partial charge in [-0.05, 0) is 35.9 Å². The van der Waals surface area contributed by atoms with Gasteiger partial charge < -0.3 is 15.4 Å². The molecule has 7 heteroatoms. The maximum absolute atomic E-state index is 12.7. The zero-order valence-electron chi connectivity index (χ0n) is 15.5. The fourth-order valence-electron chi connectivity index (χ4n) is 2.97. The minimum atomic E-state index is -0.471. The average molecular weight is 398 g/mol. The Balaban J connectivity index is 1.81. The quantitative estimate of drug-likeness (QED) is 0.656. The highest BCUT2D eigenvalue weighted by Gasteiger charge is 2.18. The third-order valence-electron chi connectivity index (χ3n) is 4.23. The summed E-state index contributed by atoms with van der Waals surface area (Å²) in [4.78, 5) is 28.6. The summed E-state index contributed by atoms with van der Waals surface area (Å²) in [7, 11) is 1.58. The summed E-state index contributed by atoms with van der Waals surface area (Å²) < 4.78 is 5.16. The van der Waals surface area contributed by atoms with Crippen LogP contribution in [0.3, 0.4) is 0 Å². The van der Waals surface area contributed by atoms with Crippen LogP contribution in [-0.2, 0) is 9.59 Å². The summed E-state index contributed by atoms with van der Waals surface area (Å²) in [5.74, 6) is 0.221. The third kappa shape index (κ3) is 4.78. The lowest BCUT2D eigenvalue weighted by molar-refractivity contribution is -0.120. The van der Waals surface area contributed by atoms with E-state index >= 15 is 0 Å². The van der Waals surface area contributed by atoms with Gasteiger partial charge in [0.05, 0.1) is 30.8 Å². The van der Waals surface area contributed by atoms with Crippen molar-refractivity contribution in [3.63, 3.8) is 0 Å². The first-order valence-electron chi connectivity index (χ1n) is 8.71. The second-order valence-corrected chi connectivity index (χ2v) is 6.74. The first-order chi connectivity index (χ1) is 13.5. The van der Waals surface area contributed by atoms with Gasteiger partial charge in [-0.25, -0.2) is 0 Å². The Kier molecular flexibility index (Phi) is 6.11. The second-order valence-electron chi connectivity index (χ2n) is 6.31. The van der Waals surface area contributed by atoms with Gasteiger partial charge >= 0.3 is 0 Å². The number of fused-ring (bicyclic) bond motifs is 1. The Morgan fingerprint density at radius 3 is 2.61 bits per heavy atom. The molecule has 2 amide bonds. The molecule has 0 fully saturated rings. The van der Waals surface area contributed by atoms with Crippen LogP contribution in [0.25, 0.3) is 10.9 Å². The van der Waals surface area contributed by atoms with Gasteiger partial charge in [0.1, 0.15) is 5.75 Å². The normalized spacial score (nSPS) is 11.7. The fourth-order valence-corrected chi connectivity index (χ4v) is 3.20. The topological polar surface area (TPSA) is 80.3 Å². The molecule has 1 heterocycles. The molecule has 144 valence electrons. The van der Waals surface area contributed by atoms with E-state index in [1.807, 2.05) is 18.2 Å². The minimum absolute atomic E-state index is 0.0623. The highest BCUT2D eigenvalue weighted by atomic mass is 35.5. The number of pyridine rings is 1. The van der Waals surface area contributed by atoms with Crippen molar-refractivity contribution in [2.24, 2.45) is 0 Å². The first kappa shape index (κ1) is 19.6. The van der Waals surface area contributed by atoms with E-state index in [0.717, 1.165) is 10.9 Å². The van der Waals surface area contributed by atoms with Crippen LogP contribution in [0.5, 0.6) is 5.75 Å². The lowest BCUT2D eigenvalue weighted by Gasteiger charge is -2.19. The van der Waals surface area contributed by atoms with E-state index in [1.54, 1.807) is 43.6 Å². The van der Waals surface area contributed by atoms with Crippen molar-refractivity contribution >= 4 is 40.0 Å². The number of halogens is 1. The zero-order valence-corrected chi connectivity index (χ0v) is 16.3. The fraction of sp³-hybridized carbons (Fsp3) is 0.190. The van der Waals surface area contributed by atoms with E-state index in [1.165, 1.54) is 6.92 Å². The molecule has 3 aromatic rings. The van der Waals surface area contributed by atoms with Gasteiger partial charge in [-0.3, -0.25) is 14.6 Å². The summed E-state index contributed by atoms with van der Waals surface area (Å²) in [6, 6.07) is 13.9. The molecule has 2 aromatic carbocycles. The Hall–Kier alpha value is -3.12. The molecule has 28 heavy (non-hydrogen) atoms. The van der Waals surface area contributed by atoms with Crippen LogP contribution in [-0.4, -0.2) is 23.9 Å². The molecule has 0 aliphatic carbocycles. The number of anilines is 1. The maximum atomic E-state index is 12.7. The number of methoxy groups -OCH3 is 1. The molecule has 6 nitrogen and oxygen atoms in total. The van der Waals surface area contributed by atoms with Crippen LogP contribution in [0, 0.1) is 0 Å². The van der Waals surface area contributed by atoms with Gasteiger partial charge in [-0.15, -0.1) is 0 Å². The highest BCUT2D eigenvalue weighted by molar-refractivity contribution is 6.32. The minimum Gasteiger partial charge on any atom is -0.497 e. The lowest BCUT2D eigenvalue weighted by atomic mass is 10.0. The van der Waals surface area contributed by atoms with Crippen molar-refractivity contribution in [3.8, 4) is 5.75 Å². The highest BCUT2D eigenvalue weighted by Crippen LogP contribution is 2.27. The molecule has 1 aromatic heterocycles. The summed E-state index contributed by atoms with van der Waals surface area (Å²) in [5, 5.41) is 7.01. The standard InChI is InChI=1S/C21H20ClN3O3/c1-13(26)24-18(14-5-7-17(28-2)8-6-14)12-20(27)25-19-11-16(22)10-15-4-3-9-23-21(15)19/h3-11,18H,12H2,1-2H3,(H,24,26)(H,25,27). The molecule has 1 atom stereocenters. The van der Waals surface area contributed by atoms with E-state index < -0.39 is 6.04 Å². The van der Waals surface area contributed by atoms with Gasteiger partial charge in [0, 0.05) is 23.5 Å². The number of nitrogens with one attached hydrogen (secondary N) is 2. The molecular weight excluding hydrogens is 378 g/mol. The van der Waals surface area contributed by atoms with Crippen molar-refractivity contribution in [1.82, 2.24) is 10.3 Å². The number of ether oxygens (including phenoxy) is 1. The molecular formula is C21H20ClN3O3. The maximum Gasteiger partial charge on any atom is 0.226 e. The monoisotopic (exact) mass is 397 g/mol. The number of rotatable bonds is 6. The van der Waals surface area contributed by atoms with Crippen molar-refractivity contribution in [2.45, 2.75) is 19.4 Å². The largest absolute Gasteiger partial charge is 0.497 e. The Bertz CT molecular complexity index is 1010. The molecule has 0 bridgehead atoms. The van der Waals surface area contributed by atoms with E-state index in [4.69, 9.17) is 16.3 Å². The Labute approximate surface area is 167 Å². The van der Waals surface area contributed by atoms with Gasteiger partial charge in [-0.1, -0.05) is 29.8 Å². The van der Waals surface area contributed by atoms with Crippen LogP contribution in [0.1, 0.15) is 24.9 Å². The summed E-state index contributed by atoms with van der Waals surface area (Å²) >= 11 is 6.16. The number of aromatic nitrogens is 1. The van der Waals surface area contributed by atoms with Crippen LogP contribution in [0.4, 0.5) is 5.69 Å². The van der Waals surface area contributed by atoms with E-state index in [-0.39, 0.29) is 18.2 Å². The molecule has 2 N–H and O–H groups in total. The summed E-state index contributed by atoms with van der Waals surface area (Å²) in [6.45, 7) is 1.42. The molecule has 0 spiro atoms. The predicted molar refractivity (Wildman–Crippen MR) is 110 cm³/mol. The average Bonchev–Trinajstić information content (AvgIpc) is 2.67. The Morgan fingerprint density at radius 1 is 1.18 bits per heavy atom. The van der Waals surface area contributed by atoms with Crippen molar-refractivity contribution < 1.29 is 14.3 Å². The van der Waals surface area contributed by atoms with E-state index in [0.29, 0.717) is 22.0 Å². The van der Waals surface area contributed by atoms with Crippen molar-refractivity contribution in [2.75, 3.05) is 12.4 Å². The van der Waals surface area contributed by atoms with E-state index in [2.05, 4.69) is 15.6 Å². The zero-order chi connectivity index (χ0) is 20.1. The number of hydrogen-bond donors (Lipinski definition) is 2. The molecule has 0 aliphatic heterocycles. The van der Waals surface area contributed by atoms with Gasteiger partial charge in [0.25, 0.3) is 0 Å². The predicted octanol–water partition coefficient (Wildman–Crippen LogP) is 4.10. The number of carbonyl (C=O) groups is 2. The van der Waals surface area contributed by atoms with Gasteiger partial charge in [0.2, 0.25) is 11.8 Å². The third-order valence-corrected chi connectivity index (χ3v) is 4.45. The smallest absolute Gasteiger partial charge is 0.226 e. The number of nitrogens with zero attached hydrogens (tertiary/aromatic N) is 1. The number of amides is 2. The molecule has 1 unspecified atom stereocenters. The van der Waals surface area contributed by atoms with Crippen LogP contribution < -0.4 is 15.4 Å². The van der Waals surface area contributed by atoms with Crippen molar-refractivity contribution in [1.29, 1.82) is 0 Å². The SMILES string of the molecule is COc1ccc(C(CC(=O)Nc2cc(Cl)cc3cccnc23)NC(C)=O)cc1. The summed E-state index contributed by atoms with van der Waals surface area (Å²) in [6.07, 6.45) is 1.72. The second kappa shape index (κ2) is 8.71. The lowest BCUT2D eigenvalue weighted by Crippen LogP contribution is -2.29. The van der Waals surface area contributed by atoms with Crippen LogP contribution in [0.15, 0.2) is 54.7 Å². The molecule has 0 saturated carbocycles. The number of carbonyl (C=O) groups excluding carboxylic acids is 2. The van der Waals surface area contributed by atoms with Crippen LogP contribution in [0.2, 0.25) is 5.02 Å².